The van der Waals surface area contributed by atoms with Gasteiger partial charge in [0.25, 0.3) is 5.91 Å². The first-order chi connectivity index (χ1) is 12.1. The largest absolute Gasteiger partial charge is 0.355 e. The molecule has 25 heavy (non-hydrogen) atoms. The molecule has 0 saturated carbocycles. The van der Waals surface area contributed by atoms with Crippen molar-refractivity contribution in [2.45, 2.75) is 18.9 Å². The maximum Gasteiger partial charge on any atom is 0.251 e. The highest BCUT2D eigenvalue weighted by Gasteiger charge is 2.13. The number of hydrogen-bond acceptors (Lipinski definition) is 3. The van der Waals surface area contributed by atoms with Crippen LogP contribution < -0.4 is 16.4 Å². The summed E-state index contributed by atoms with van der Waals surface area (Å²) in [7, 11) is 0. The van der Waals surface area contributed by atoms with E-state index in [1.165, 1.54) is 24.3 Å². The fraction of sp³-hybridized carbons (Fsp3) is 0.263. The highest BCUT2D eigenvalue weighted by molar-refractivity contribution is 5.94. The molecule has 0 unspecified atom stereocenters. The molecule has 0 aliphatic carbocycles. The molecule has 0 radical (unpaired) electrons. The smallest absolute Gasteiger partial charge is 0.251 e. The molecule has 2 amide bonds. The van der Waals surface area contributed by atoms with Gasteiger partial charge in [0.1, 0.15) is 5.82 Å². The molecule has 1 atom stereocenters. The third-order valence-electron chi connectivity index (χ3n) is 3.68. The number of nitrogens with two attached hydrogens (primary N) is 1. The quantitative estimate of drug-likeness (QED) is 0.637. The SMILES string of the molecule is N[C@@H](Cc1ccccc1)C(=O)NCCCNC(=O)c1ccc(F)cc1. The lowest BCUT2D eigenvalue weighted by atomic mass is 10.1. The molecule has 4 N–H and O–H groups in total. The molecule has 0 bridgehead atoms. The lowest BCUT2D eigenvalue weighted by Crippen LogP contribution is -2.42. The third kappa shape index (κ3) is 6.35. The number of carbonyl (C=O) groups is 2. The molecule has 0 heterocycles. The summed E-state index contributed by atoms with van der Waals surface area (Å²) in [4.78, 5) is 23.8. The molecule has 132 valence electrons. The van der Waals surface area contributed by atoms with E-state index < -0.39 is 6.04 Å². The van der Waals surface area contributed by atoms with E-state index in [-0.39, 0.29) is 17.6 Å². The summed E-state index contributed by atoms with van der Waals surface area (Å²) in [6, 6.07) is 14.3. The highest BCUT2D eigenvalue weighted by atomic mass is 19.1. The van der Waals surface area contributed by atoms with E-state index in [1.54, 1.807) is 0 Å². The van der Waals surface area contributed by atoms with Gasteiger partial charge >= 0.3 is 0 Å². The predicted octanol–water partition coefficient (Wildman–Crippen LogP) is 1.63. The highest BCUT2D eigenvalue weighted by Crippen LogP contribution is 2.03. The molecule has 2 aromatic carbocycles. The fourth-order valence-corrected chi connectivity index (χ4v) is 2.30. The molecule has 2 rings (SSSR count). The number of rotatable bonds is 8. The van der Waals surface area contributed by atoms with E-state index >= 15 is 0 Å². The first kappa shape index (κ1) is 18.6. The minimum Gasteiger partial charge on any atom is -0.355 e. The number of carbonyl (C=O) groups excluding carboxylic acids is 2. The predicted molar refractivity (Wildman–Crippen MR) is 94.5 cm³/mol. The Balaban J connectivity index is 1.62. The second-order valence-corrected chi connectivity index (χ2v) is 5.70. The molecule has 0 aliphatic rings. The zero-order valence-corrected chi connectivity index (χ0v) is 13.9. The van der Waals surface area contributed by atoms with Gasteiger partial charge in [-0.15, -0.1) is 0 Å². The van der Waals surface area contributed by atoms with E-state index in [0.717, 1.165) is 5.56 Å². The lowest BCUT2D eigenvalue weighted by Gasteiger charge is -2.12. The molecule has 6 heteroatoms. The van der Waals surface area contributed by atoms with Crippen molar-refractivity contribution in [3.05, 3.63) is 71.5 Å². The maximum atomic E-state index is 12.8. The van der Waals surface area contributed by atoms with E-state index in [9.17, 15) is 14.0 Å². The van der Waals surface area contributed by atoms with Crippen molar-refractivity contribution in [1.82, 2.24) is 10.6 Å². The van der Waals surface area contributed by atoms with Crippen LogP contribution in [0.3, 0.4) is 0 Å². The molecule has 0 saturated heterocycles. The summed E-state index contributed by atoms with van der Waals surface area (Å²) in [5, 5.41) is 5.48. The van der Waals surface area contributed by atoms with Gasteiger partial charge < -0.3 is 16.4 Å². The van der Waals surface area contributed by atoms with E-state index in [1.807, 2.05) is 30.3 Å². The molecular weight excluding hydrogens is 321 g/mol. The van der Waals surface area contributed by atoms with Crippen molar-refractivity contribution in [3.8, 4) is 0 Å². The Hall–Kier alpha value is -2.73. The van der Waals surface area contributed by atoms with Crippen LogP contribution in [-0.2, 0) is 11.2 Å². The van der Waals surface area contributed by atoms with Crippen molar-refractivity contribution in [3.63, 3.8) is 0 Å². The van der Waals surface area contributed by atoms with Crippen molar-refractivity contribution in [2.24, 2.45) is 5.73 Å². The van der Waals surface area contributed by atoms with Gasteiger partial charge in [-0.1, -0.05) is 30.3 Å². The Morgan fingerprint density at radius 2 is 1.60 bits per heavy atom. The van der Waals surface area contributed by atoms with Crippen LogP contribution in [0.15, 0.2) is 54.6 Å². The summed E-state index contributed by atoms with van der Waals surface area (Å²) >= 11 is 0. The first-order valence-corrected chi connectivity index (χ1v) is 8.17. The Labute approximate surface area is 146 Å². The van der Waals surface area contributed by atoms with Gasteiger partial charge in [-0.05, 0) is 42.7 Å². The molecule has 5 nitrogen and oxygen atoms in total. The number of benzene rings is 2. The second-order valence-electron chi connectivity index (χ2n) is 5.70. The monoisotopic (exact) mass is 343 g/mol. The number of amides is 2. The molecule has 0 aromatic heterocycles. The van der Waals surface area contributed by atoms with Gasteiger partial charge in [0, 0.05) is 18.7 Å². The summed E-state index contributed by atoms with van der Waals surface area (Å²) in [6.07, 6.45) is 1.06. The summed E-state index contributed by atoms with van der Waals surface area (Å²) in [5.41, 5.74) is 7.30. The van der Waals surface area contributed by atoms with E-state index in [0.29, 0.717) is 31.5 Å². The van der Waals surface area contributed by atoms with Gasteiger partial charge in [-0.25, -0.2) is 4.39 Å². The van der Waals surface area contributed by atoms with Crippen LogP contribution in [0.25, 0.3) is 0 Å². The molecule has 2 aromatic rings. The topological polar surface area (TPSA) is 84.2 Å². The van der Waals surface area contributed by atoms with Crippen LogP contribution in [0.4, 0.5) is 4.39 Å². The maximum absolute atomic E-state index is 12.8. The van der Waals surface area contributed by atoms with Crippen molar-refractivity contribution in [1.29, 1.82) is 0 Å². The van der Waals surface area contributed by atoms with E-state index in [2.05, 4.69) is 10.6 Å². The fourth-order valence-electron chi connectivity index (χ4n) is 2.30. The van der Waals surface area contributed by atoms with E-state index in [4.69, 9.17) is 5.73 Å². The lowest BCUT2D eigenvalue weighted by molar-refractivity contribution is -0.122. The van der Waals surface area contributed by atoms with Gasteiger partial charge in [0.05, 0.1) is 6.04 Å². The Bertz CT molecular complexity index is 690. The number of halogens is 1. The standard InChI is InChI=1S/C19H22FN3O2/c20-16-9-7-15(8-10-16)18(24)22-11-4-12-23-19(25)17(21)13-14-5-2-1-3-6-14/h1-3,5-10,17H,4,11-13,21H2,(H,22,24)(H,23,25)/t17-/m0/s1. The van der Waals surface area contributed by atoms with Crippen molar-refractivity contribution < 1.29 is 14.0 Å². The average molecular weight is 343 g/mol. The van der Waals surface area contributed by atoms with Crippen LogP contribution in [0, 0.1) is 5.82 Å². The summed E-state index contributed by atoms with van der Waals surface area (Å²) in [6.45, 7) is 0.829. The van der Waals surface area contributed by atoms with Crippen LogP contribution in [0.5, 0.6) is 0 Å². The molecule has 0 fully saturated rings. The third-order valence-corrected chi connectivity index (χ3v) is 3.68. The molecular formula is C19H22FN3O2. The normalized spacial score (nSPS) is 11.6. The van der Waals surface area contributed by atoms with Crippen molar-refractivity contribution >= 4 is 11.8 Å². The Kier molecular flexibility index (Phi) is 7.10. The summed E-state index contributed by atoms with van der Waals surface area (Å²) < 4.78 is 12.8. The average Bonchev–Trinajstić information content (AvgIpc) is 2.62. The zero-order chi connectivity index (χ0) is 18.1. The minimum absolute atomic E-state index is 0.214. The Morgan fingerprint density at radius 3 is 2.28 bits per heavy atom. The zero-order valence-electron chi connectivity index (χ0n) is 13.9. The van der Waals surface area contributed by atoms with Crippen LogP contribution in [-0.4, -0.2) is 30.9 Å². The van der Waals surface area contributed by atoms with Crippen LogP contribution >= 0.6 is 0 Å². The van der Waals surface area contributed by atoms with Crippen molar-refractivity contribution in [2.75, 3.05) is 13.1 Å². The molecule has 0 aliphatic heterocycles. The molecule has 0 spiro atoms. The van der Waals surface area contributed by atoms with Gasteiger partial charge in [-0.3, -0.25) is 9.59 Å². The van der Waals surface area contributed by atoms with Gasteiger partial charge in [0.15, 0.2) is 0 Å². The Morgan fingerprint density at radius 1 is 0.960 bits per heavy atom. The first-order valence-electron chi connectivity index (χ1n) is 8.17. The number of nitrogens with one attached hydrogen (secondary N) is 2. The van der Waals surface area contributed by atoms with Gasteiger partial charge in [0.2, 0.25) is 5.91 Å². The number of hydrogen-bond donors (Lipinski definition) is 3. The second kappa shape index (κ2) is 9.54. The minimum atomic E-state index is -0.601. The van der Waals surface area contributed by atoms with Crippen LogP contribution in [0.1, 0.15) is 22.3 Å². The van der Waals surface area contributed by atoms with Crippen LogP contribution in [0.2, 0.25) is 0 Å². The van der Waals surface area contributed by atoms with Gasteiger partial charge in [-0.2, -0.15) is 0 Å². The summed E-state index contributed by atoms with van der Waals surface area (Å²) in [5.74, 6) is -0.869.